The van der Waals surface area contributed by atoms with E-state index in [0.29, 0.717) is 5.82 Å². The molecule has 1 aliphatic rings. The van der Waals surface area contributed by atoms with Crippen LogP contribution in [0.1, 0.15) is 12.8 Å². The van der Waals surface area contributed by atoms with Crippen molar-refractivity contribution in [2.75, 3.05) is 12.4 Å². The van der Waals surface area contributed by atoms with E-state index in [1.165, 1.54) is 0 Å². The summed E-state index contributed by atoms with van der Waals surface area (Å²) in [5, 5.41) is 7.25. The van der Waals surface area contributed by atoms with Crippen molar-refractivity contribution < 1.29 is 9.53 Å². The largest absolute Gasteiger partial charge is 0.494 e. The number of fused-ring (bicyclic) bond motifs is 1. The Labute approximate surface area is 133 Å². The molecule has 6 nitrogen and oxygen atoms in total. The number of nitrogens with zero attached hydrogens (tertiary/aromatic N) is 3. The molecule has 0 unspecified atom stereocenters. The predicted octanol–water partition coefficient (Wildman–Crippen LogP) is 2.75. The van der Waals surface area contributed by atoms with Gasteiger partial charge in [0, 0.05) is 29.9 Å². The number of carbonyl (C=O) groups is 1. The van der Waals surface area contributed by atoms with Crippen LogP contribution in [0.2, 0.25) is 0 Å². The van der Waals surface area contributed by atoms with Gasteiger partial charge in [-0.3, -0.25) is 9.78 Å². The quantitative estimate of drug-likeness (QED) is 0.804. The number of hydrogen-bond acceptors (Lipinski definition) is 4. The Bertz CT molecular complexity index is 883. The molecule has 0 bridgehead atoms. The van der Waals surface area contributed by atoms with Crippen LogP contribution >= 0.6 is 0 Å². The van der Waals surface area contributed by atoms with Crippen molar-refractivity contribution in [1.82, 2.24) is 14.6 Å². The van der Waals surface area contributed by atoms with E-state index in [0.717, 1.165) is 35.2 Å². The van der Waals surface area contributed by atoms with Crippen molar-refractivity contribution in [1.29, 1.82) is 0 Å². The van der Waals surface area contributed by atoms with Crippen molar-refractivity contribution in [2.24, 2.45) is 5.92 Å². The lowest BCUT2D eigenvalue weighted by atomic mass is 10.1. The number of nitrogens with one attached hydrogen (secondary N) is 1. The minimum absolute atomic E-state index is 0.0597. The first-order valence-electron chi connectivity index (χ1n) is 7.53. The fourth-order valence-electron chi connectivity index (χ4n) is 2.58. The zero-order valence-corrected chi connectivity index (χ0v) is 12.7. The van der Waals surface area contributed by atoms with E-state index in [9.17, 15) is 4.79 Å². The number of rotatable bonds is 4. The molecular weight excluding hydrogens is 292 g/mol. The summed E-state index contributed by atoms with van der Waals surface area (Å²) in [6, 6.07) is 7.76. The predicted molar refractivity (Wildman–Crippen MR) is 86.3 cm³/mol. The molecule has 6 heteroatoms. The van der Waals surface area contributed by atoms with Crippen LogP contribution in [0.25, 0.3) is 16.6 Å². The first-order chi connectivity index (χ1) is 11.2. The zero-order chi connectivity index (χ0) is 15.8. The van der Waals surface area contributed by atoms with Crippen molar-refractivity contribution in [3.63, 3.8) is 0 Å². The molecule has 1 N–H and O–H groups in total. The Hall–Kier alpha value is -2.89. The normalized spacial score (nSPS) is 14.0. The maximum absolute atomic E-state index is 11.8. The highest BCUT2D eigenvalue weighted by atomic mass is 16.5. The molecule has 1 amide bonds. The number of anilines is 1. The summed E-state index contributed by atoms with van der Waals surface area (Å²) >= 11 is 0. The Morgan fingerprint density at radius 2 is 2.22 bits per heavy atom. The number of amides is 1. The van der Waals surface area contributed by atoms with E-state index in [1.54, 1.807) is 24.0 Å². The van der Waals surface area contributed by atoms with Gasteiger partial charge in [0.2, 0.25) is 5.91 Å². The van der Waals surface area contributed by atoms with E-state index < -0.39 is 0 Å². The van der Waals surface area contributed by atoms with Crippen LogP contribution in [-0.2, 0) is 4.79 Å². The fraction of sp³-hybridized carbons (Fsp3) is 0.235. The van der Waals surface area contributed by atoms with Gasteiger partial charge in [0.15, 0.2) is 5.82 Å². The van der Waals surface area contributed by atoms with Gasteiger partial charge in [0.05, 0.1) is 18.8 Å². The number of ether oxygens (including phenoxy) is 1. The summed E-state index contributed by atoms with van der Waals surface area (Å²) in [4.78, 5) is 15.9. The number of carbonyl (C=O) groups excluding carboxylic acids is 1. The van der Waals surface area contributed by atoms with Gasteiger partial charge in [-0.15, -0.1) is 0 Å². The molecule has 1 saturated carbocycles. The number of methoxy groups -OCH3 is 1. The Balaban J connectivity index is 1.68. The number of pyridine rings is 2. The van der Waals surface area contributed by atoms with E-state index >= 15 is 0 Å². The van der Waals surface area contributed by atoms with Gasteiger partial charge < -0.3 is 10.1 Å². The molecule has 0 aromatic carbocycles. The SMILES string of the molecule is COc1cnccc1-c1ccn2nc(NC(=O)C3CC3)cc2c1. The summed E-state index contributed by atoms with van der Waals surface area (Å²) < 4.78 is 7.11. The summed E-state index contributed by atoms with van der Waals surface area (Å²) in [7, 11) is 1.63. The van der Waals surface area contributed by atoms with E-state index in [1.807, 2.05) is 30.5 Å². The van der Waals surface area contributed by atoms with Gasteiger partial charge in [-0.05, 0) is 36.6 Å². The molecule has 4 rings (SSSR count). The molecule has 1 fully saturated rings. The topological polar surface area (TPSA) is 68.5 Å². The summed E-state index contributed by atoms with van der Waals surface area (Å²) in [6.45, 7) is 0. The summed E-state index contributed by atoms with van der Waals surface area (Å²) in [5.41, 5.74) is 2.89. The van der Waals surface area contributed by atoms with Gasteiger partial charge in [-0.25, -0.2) is 4.52 Å². The number of aromatic nitrogens is 3. The molecule has 0 saturated heterocycles. The molecule has 0 radical (unpaired) electrons. The minimum Gasteiger partial charge on any atom is -0.494 e. The third-order valence-electron chi connectivity index (χ3n) is 3.98. The van der Waals surface area contributed by atoms with Crippen LogP contribution in [0.15, 0.2) is 42.9 Å². The highest BCUT2D eigenvalue weighted by Gasteiger charge is 2.30. The molecule has 116 valence electrons. The third-order valence-corrected chi connectivity index (χ3v) is 3.98. The molecule has 3 heterocycles. The smallest absolute Gasteiger partial charge is 0.228 e. The first kappa shape index (κ1) is 13.8. The maximum Gasteiger partial charge on any atom is 0.228 e. The zero-order valence-electron chi connectivity index (χ0n) is 12.7. The van der Waals surface area contributed by atoms with Gasteiger partial charge in [-0.1, -0.05) is 0 Å². The Morgan fingerprint density at radius 1 is 1.35 bits per heavy atom. The lowest BCUT2D eigenvalue weighted by molar-refractivity contribution is -0.117. The van der Waals surface area contributed by atoms with Crippen molar-refractivity contribution in [3.05, 3.63) is 42.9 Å². The van der Waals surface area contributed by atoms with E-state index in [4.69, 9.17) is 4.74 Å². The molecule has 0 spiro atoms. The van der Waals surface area contributed by atoms with Crippen LogP contribution < -0.4 is 10.1 Å². The standard InChI is InChI=1S/C17H16N4O2/c1-23-15-10-18-6-4-14(15)12-5-7-21-13(8-12)9-16(20-21)19-17(22)11-2-3-11/h4-11H,2-3H2,1H3,(H,19,20,22). The fourth-order valence-corrected chi connectivity index (χ4v) is 2.58. The van der Waals surface area contributed by atoms with Crippen molar-refractivity contribution >= 4 is 17.2 Å². The average molecular weight is 308 g/mol. The number of hydrogen-bond donors (Lipinski definition) is 1. The van der Waals surface area contributed by atoms with E-state index in [2.05, 4.69) is 15.4 Å². The highest BCUT2D eigenvalue weighted by molar-refractivity contribution is 5.93. The van der Waals surface area contributed by atoms with Crippen LogP contribution in [0.3, 0.4) is 0 Å². The second-order valence-corrected chi connectivity index (χ2v) is 5.65. The van der Waals surface area contributed by atoms with Gasteiger partial charge >= 0.3 is 0 Å². The monoisotopic (exact) mass is 308 g/mol. The van der Waals surface area contributed by atoms with Crippen LogP contribution in [-0.4, -0.2) is 27.6 Å². The van der Waals surface area contributed by atoms with Crippen molar-refractivity contribution in [2.45, 2.75) is 12.8 Å². The molecular formula is C17H16N4O2. The minimum atomic E-state index is 0.0597. The third kappa shape index (κ3) is 2.63. The molecule has 0 atom stereocenters. The molecule has 3 aromatic rings. The van der Waals surface area contributed by atoms with Gasteiger partial charge in [-0.2, -0.15) is 5.10 Å². The first-order valence-corrected chi connectivity index (χ1v) is 7.53. The maximum atomic E-state index is 11.8. The average Bonchev–Trinajstić information content (AvgIpc) is 3.35. The Morgan fingerprint density at radius 3 is 3.00 bits per heavy atom. The highest BCUT2D eigenvalue weighted by Crippen LogP contribution is 2.31. The molecule has 3 aromatic heterocycles. The summed E-state index contributed by atoms with van der Waals surface area (Å²) in [5.74, 6) is 1.53. The molecule has 1 aliphatic carbocycles. The lowest BCUT2D eigenvalue weighted by Gasteiger charge is -2.07. The van der Waals surface area contributed by atoms with Crippen LogP contribution in [0.4, 0.5) is 5.82 Å². The van der Waals surface area contributed by atoms with Crippen molar-refractivity contribution in [3.8, 4) is 16.9 Å². The van der Waals surface area contributed by atoms with Crippen LogP contribution in [0, 0.1) is 5.92 Å². The van der Waals surface area contributed by atoms with Gasteiger partial charge in [0.25, 0.3) is 0 Å². The second kappa shape index (κ2) is 5.39. The lowest BCUT2D eigenvalue weighted by Crippen LogP contribution is -2.13. The molecule has 23 heavy (non-hydrogen) atoms. The summed E-state index contributed by atoms with van der Waals surface area (Å²) in [6.07, 6.45) is 7.25. The second-order valence-electron chi connectivity index (χ2n) is 5.65. The van der Waals surface area contributed by atoms with Crippen LogP contribution in [0.5, 0.6) is 5.75 Å². The van der Waals surface area contributed by atoms with E-state index in [-0.39, 0.29) is 11.8 Å². The molecule has 0 aliphatic heterocycles. The van der Waals surface area contributed by atoms with Gasteiger partial charge in [0.1, 0.15) is 5.75 Å². The Kier molecular flexibility index (Phi) is 3.22.